The molecule has 0 saturated carbocycles. The Morgan fingerprint density at radius 3 is 2.43 bits per heavy atom. The Bertz CT molecular complexity index is 1330. The average molecular weight is 508 g/mol. The van der Waals surface area contributed by atoms with Crippen LogP contribution in [0.4, 0.5) is 19.0 Å². The van der Waals surface area contributed by atoms with Gasteiger partial charge in [-0.15, -0.1) is 0 Å². The quantitative estimate of drug-likeness (QED) is 0.270. The van der Waals surface area contributed by atoms with Crippen LogP contribution < -0.4 is 5.32 Å². The van der Waals surface area contributed by atoms with Gasteiger partial charge in [-0.3, -0.25) is 0 Å². The normalized spacial score (nSPS) is 12.6. The molecule has 0 fully saturated rings. The summed E-state index contributed by atoms with van der Waals surface area (Å²) in [4.78, 5) is 11.4. The molecule has 0 aliphatic carbocycles. The maximum atomic E-state index is 13.5. The molecule has 1 atom stereocenters. The zero-order valence-corrected chi connectivity index (χ0v) is 21.5. The van der Waals surface area contributed by atoms with Crippen molar-refractivity contribution in [3.63, 3.8) is 0 Å². The lowest BCUT2D eigenvalue weighted by Crippen LogP contribution is -2.14. The van der Waals surface area contributed by atoms with Gasteiger partial charge in [0.15, 0.2) is 0 Å². The van der Waals surface area contributed by atoms with Crippen LogP contribution in [0.15, 0.2) is 72.9 Å². The number of nitrogens with one attached hydrogen (secondary N) is 1. The number of hydrogen-bond donors (Lipinski definition) is 1. The molecule has 2 heterocycles. The number of rotatable bonds is 9. The van der Waals surface area contributed by atoms with E-state index in [9.17, 15) is 13.2 Å². The van der Waals surface area contributed by atoms with Crippen LogP contribution in [0, 0.1) is 0 Å². The molecule has 0 unspecified atom stereocenters. The first-order valence-corrected chi connectivity index (χ1v) is 12.3. The van der Waals surface area contributed by atoms with Gasteiger partial charge in [-0.2, -0.15) is 13.2 Å². The molecule has 4 rings (SSSR count). The van der Waals surface area contributed by atoms with Crippen LogP contribution in [-0.4, -0.2) is 40.1 Å². The number of hydrogen-bond acceptors (Lipinski definition) is 4. The minimum Gasteiger partial charge on any atom is -0.364 e. The van der Waals surface area contributed by atoms with Gasteiger partial charge in [0.25, 0.3) is 0 Å². The first kappa shape index (κ1) is 26.4. The third kappa shape index (κ3) is 6.38. The standard InChI is InChI=1S/C29H32F3N5/c1-20(21-10-6-5-7-11-21)34-25-19-23(15-16-33-25)28-27(22-12-8-13-24(18-22)29(30,31)32)35-26(37(28)4)14-9-17-36(2)3/h5-8,10-13,15-16,18-20H,9,14,17H2,1-4H3,(H,33,34)/t20-/m0/s1. The highest BCUT2D eigenvalue weighted by Gasteiger charge is 2.31. The molecular weight excluding hydrogens is 475 g/mol. The second kappa shape index (κ2) is 11.2. The zero-order valence-electron chi connectivity index (χ0n) is 21.5. The number of anilines is 1. The SMILES string of the molecule is C[C@H](Nc1cc(-c2c(-c3cccc(C(F)(F)F)c3)nc(CCCN(C)C)n2C)ccn1)c1ccccc1. The number of pyridine rings is 1. The number of alkyl halides is 3. The lowest BCUT2D eigenvalue weighted by atomic mass is 10.0. The van der Waals surface area contributed by atoms with Crippen molar-refractivity contribution in [2.24, 2.45) is 7.05 Å². The number of aryl methyl sites for hydroxylation is 1. The van der Waals surface area contributed by atoms with Gasteiger partial charge >= 0.3 is 6.18 Å². The molecule has 37 heavy (non-hydrogen) atoms. The van der Waals surface area contributed by atoms with Crippen molar-refractivity contribution in [2.75, 3.05) is 26.0 Å². The van der Waals surface area contributed by atoms with Gasteiger partial charge in [0.2, 0.25) is 0 Å². The van der Waals surface area contributed by atoms with Crippen molar-refractivity contribution in [1.82, 2.24) is 19.4 Å². The van der Waals surface area contributed by atoms with E-state index in [0.717, 1.165) is 41.7 Å². The van der Waals surface area contributed by atoms with Gasteiger partial charge in [0, 0.05) is 36.8 Å². The molecule has 0 spiro atoms. The molecule has 194 valence electrons. The predicted molar refractivity (Wildman–Crippen MR) is 142 cm³/mol. The van der Waals surface area contributed by atoms with Crippen molar-refractivity contribution in [3.8, 4) is 22.5 Å². The summed E-state index contributed by atoms with van der Waals surface area (Å²) in [6, 6.07) is 19.3. The fourth-order valence-electron chi connectivity index (χ4n) is 4.40. The van der Waals surface area contributed by atoms with Crippen LogP contribution in [0.2, 0.25) is 0 Å². The Balaban J connectivity index is 1.75. The largest absolute Gasteiger partial charge is 0.416 e. The summed E-state index contributed by atoms with van der Waals surface area (Å²) in [5.41, 5.74) is 2.99. The van der Waals surface area contributed by atoms with Crippen LogP contribution in [0.25, 0.3) is 22.5 Å². The average Bonchev–Trinajstić information content (AvgIpc) is 3.20. The second-order valence-electron chi connectivity index (χ2n) is 9.48. The van der Waals surface area contributed by atoms with Crippen molar-refractivity contribution in [2.45, 2.75) is 32.0 Å². The molecular formula is C29H32F3N5. The highest BCUT2D eigenvalue weighted by molar-refractivity contribution is 5.80. The number of aromatic nitrogens is 3. The van der Waals surface area contributed by atoms with E-state index in [1.165, 1.54) is 12.1 Å². The molecule has 1 N–H and O–H groups in total. The van der Waals surface area contributed by atoms with Gasteiger partial charge in [-0.1, -0.05) is 42.5 Å². The van der Waals surface area contributed by atoms with Gasteiger partial charge in [-0.25, -0.2) is 9.97 Å². The molecule has 0 aliphatic heterocycles. The van der Waals surface area contributed by atoms with Gasteiger partial charge in [-0.05, 0) is 63.8 Å². The molecule has 2 aromatic carbocycles. The topological polar surface area (TPSA) is 46.0 Å². The van der Waals surface area contributed by atoms with Crippen LogP contribution >= 0.6 is 0 Å². The van der Waals surface area contributed by atoms with Crippen molar-refractivity contribution in [1.29, 1.82) is 0 Å². The maximum Gasteiger partial charge on any atom is 0.416 e. The van der Waals surface area contributed by atoms with Crippen molar-refractivity contribution < 1.29 is 13.2 Å². The van der Waals surface area contributed by atoms with E-state index >= 15 is 0 Å². The van der Waals surface area contributed by atoms with Crippen LogP contribution in [0.1, 0.15) is 36.3 Å². The lowest BCUT2D eigenvalue weighted by Gasteiger charge is -2.16. The number of nitrogens with zero attached hydrogens (tertiary/aromatic N) is 4. The zero-order chi connectivity index (χ0) is 26.6. The van der Waals surface area contributed by atoms with E-state index in [1.54, 1.807) is 12.3 Å². The number of imidazole rings is 1. The summed E-state index contributed by atoms with van der Waals surface area (Å²) in [5.74, 6) is 1.51. The van der Waals surface area contributed by atoms with E-state index < -0.39 is 11.7 Å². The Hall–Kier alpha value is -3.65. The molecule has 5 nitrogen and oxygen atoms in total. The summed E-state index contributed by atoms with van der Waals surface area (Å²) in [7, 11) is 5.95. The summed E-state index contributed by atoms with van der Waals surface area (Å²) in [6.45, 7) is 2.95. The highest BCUT2D eigenvalue weighted by atomic mass is 19.4. The Kier molecular flexibility index (Phi) is 7.97. The third-order valence-corrected chi connectivity index (χ3v) is 6.35. The summed E-state index contributed by atoms with van der Waals surface area (Å²) >= 11 is 0. The summed E-state index contributed by atoms with van der Waals surface area (Å²) < 4.78 is 42.5. The molecule has 0 amide bonds. The van der Waals surface area contributed by atoms with Crippen molar-refractivity contribution >= 4 is 5.82 Å². The fourth-order valence-corrected chi connectivity index (χ4v) is 4.40. The van der Waals surface area contributed by atoms with Gasteiger partial charge in [0.05, 0.1) is 17.0 Å². The van der Waals surface area contributed by atoms with E-state index in [0.29, 0.717) is 23.5 Å². The Morgan fingerprint density at radius 2 is 1.73 bits per heavy atom. The van der Waals surface area contributed by atoms with E-state index in [-0.39, 0.29) is 6.04 Å². The first-order valence-electron chi connectivity index (χ1n) is 12.3. The molecule has 2 aromatic heterocycles. The molecule has 0 saturated heterocycles. The predicted octanol–water partition coefficient (Wildman–Crippen LogP) is 6.84. The summed E-state index contributed by atoms with van der Waals surface area (Å²) in [5, 5.41) is 3.43. The monoisotopic (exact) mass is 507 g/mol. The van der Waals surface area contributed by atoms with Gasteiger partial charge in [0.1, 0.15) is 11.6 Å². The first-order chi connectivity index (χ1) is 17.6. The molecule has 0 bridgehead atoms. The van der Waals surface area contributed by atoms with Gasteiger partial charge < -0.3 is 14.8 Å². The molecule has 0 aliphatic rings. The van der Waals surface area contributed by atoms with Crippen LogP contribution in [0.3, 0.4) is 0 Å². The van der Waals surface area contributed by atoms with E-state index in [1.807, 2.05) is 68.2 Å². The third-order valence-electron chi connectivity index (χ3n) is 6.35. The minimum absolute atomic E-state index is 0.0278. The minimum atomic E-state index is -4.43. The van der Waals surface area contributed by atoms with E-state index in [2.05, 4.69) is 22.1 Å². The van der Waals surface area contributed by atoms with Crippen molar-refractivity contribution in [3.05, 3.63) is 89.9 Å². The smallest absolute Gasteiger partial charge is 0.364 e. The number of halogens is 3. The lowest BCUT2D eigenvalue weighted by molar-refractivity contribution is -0.137. The Labute approximate surface area is 216 Å². The number of benzene rings is 2. The summed E-state index contributed by atoms with van der Waals surface area (Å²) in [6.07, 6.45) is -1.12. The fraction of sp³-hybridized carbons (Fsp3) is 0.310. The molecule has 8 heteroatoms. The van der Waals surface area contributed by atoms with Crippen LogP contribution in [-0.2, 0) is 19.6 Å². The second-order valence-corrected chi connectivity index (χ2v) is 9.48. The van der Waals surface area contributed by atoms with Crippen LogP contribution in [0.5, 0.6) is 0 Å². The molecule has 4 aromatic rings. The Morgan fingerprint density at radius 1 is 0.973 bits per heavy atom. The van der Waals surface area contributed by atoms with E-state index in [4.69, 9.17) is 4.98 Å². The molecule has 0 radical (unpaired) electrons. The maximum absolute atomic E-state index is 13.5. The highest BCUT2D eigenvalue weighted by Crippen LogP contribution is 2.37.